The molecule has 4 nitrogen and oxygen atoms in total. The summed E-state index contributed by atoms with van der Waals surface area (Å²) < 4.78 is 5.26. The summed E-state index contributed by atoms with van der Waals surface area (Å²) in [5.74, 6) is 0. The highest BCUT2D eigenvalue weighted by Crippen LogP contribution is 2.24. The van der Waals surface area contributed by atoms with Gasteiger partial charge in [0.25, 0.3) is 0 Å². The fraction of sp³-hybridized carbons (Fsp3) is 0.588. The second-order valence-corrected chi connectivity index (χ2v) is 7.32. The van der Waals surface area contributed by atoms with Crippen LogP contribution in [0.3, 0.4) is 0 Å². The van der Waals surface area contributed by atoms with E-state index >= 15 is 0 Å². The lowest BCUT2D eigenvalue weighted by molar-refractivity contribution is 0.0636. The van der Waals surface area contributed by atoms with E-state index in [1.54, 1.807) is 0 Å². The fourth-order valence-corrected chi connectivity index (χ4v) is 2.01. The van der Waals surface area contributed by atoms with E-state index in [2.05, 4.69) is 25.2 Å². The standard InChI is InChI=1S/C17H28N2O2/c1-12-9-13(10-17(5,6)11-18)7-8-14(12)19-15(20)21-16(2,3)4/h7-9H,10-11,18H2,1-6H3,(H,19,20). The molecule has 1 amide bonds. The average Bonchev–Trinajstić information content (AvgIpc) is 2.30. The van der Waals surface area contributed by atoms with Gasteiger partial charge in [0.1, 0.15) is 5.60 Å². The van der Waals surface area contributed by atoms with Gasteiger partial charge < -0.3 is 10.5 Å². The van der Waals surface area contributed by atoms with Crippen LogP contribution in [0.4, 0.5) is 10.5 Å². The van der Waals surface area contributed by atoms with Gasteiger partial charge in [-0.25, -0.2) is 4.79 Å². The van der Waals surface area contributed by atoms with E-state index in [1.165, 1.54) is 5.56 Å². The van der Waals surface area contributed by atoms with Crippen molar-refractivity contribution in [3.63, 3.8) is 0 Å². The largest absolute Gasteiger partial charge is 0.444 e. The molecule has 0 fully saturated rings. The van der Waals surface area contributed by atoms with Gasteiger partial charge >= 0.3 is 6.09 Å². The van der Waals surface area contributed by atoms with Gasteiger partial charge in [0.2, 0.25) is 0 Å². The maximum Gasteiger partial charge on any atom is 0.412 e. The average molecular weight is 292 g/mol. The molecule has 0 unspecified atom stereocenters. The molecule has 1 aromatic rings. The molecule has 0 spiro atoms. The molecule has 118 valence electrons. The van der Waals surface area contributed by atoms with Crippen LogP contribution in [0.15, 0.2) is 18.2 Å². The molecule has 0 heterocycles. The zero-order valence-corrected chi connectivity index (χ0v) is 14.0. The van der Waals surface area contributed by atoms with Crippen molar-refractivity contribution in [2.24, 2.45) is 11.1 Å². The SMILES string of the molecule is Cc1cc(CC(C)(C)CN)ccc1NC(=O)OC(C)(C)C. The van der Waals surface area contributed by atoms with E-state index < -0.39 is 11.7 Å². The first kappa shape index (κ1) is 17.5. The topological polar surface area (TPSA) is 64.3 Å². The Kier molecular flexibility index (Phi) is 5.40. The van der Waals surface area contributed by atoms with Crippen molar-refractivity contribution in [2.75, 3.05) is 11.9 Å². The van der Waals surface area contributed by atoms with Gasteiger partial charge in [-0.15, -0.1) is 0 Å². The number of amides is 1. The molecule has 0 aliphatic carbocycles. The molecule has 0 radical (unpaired) electrons. The lowest BCUT2D eigenvalue weighted by Crippen LogP contribution is -2.27. The number of nitrogens with one attached hydrogen (secondary N) is 1. The molecular formula is C17H28N2O2. The van der Waals surface area contributed by atoms with E-state index in [-0.39, 0.29) is 5.41 Å². The highest BCUT2D eigenvalue weighted by molar-refractivity contribution is 5.85. The minimum absolute atomic E-state index is 0.0759. The summed E-state index contributed by atoms with van der Waals surface area (Å²) in [6.45, 7) is 12.5. The van der Waals surface area contributed by atoms with Gasteiger partial charge in [0, 0.05) is 5.69 Å². The maximum atomic E-state index is 11.8. The van der Waals surface area contributed by atoms with E-state index in [9.17, 15) is 4.79 Å². The number of carbonyl (C=O) groups excluding carboxylic acids is 1. The van der Waals surface area contributed by atoms with Crippen LogP contribution < -0.4 is 11.1 Å². The van der Waals surface area contributed by atoms with Crippen LogP contribution in [0.1, 0.15) is 45.7 Å². The summed E-state index contributed by atoms with van der Waals surface area (Å²) in [4.78, 5) is 11.8. The molecular weight excluding hydrogens is 264 g/mol. The van der Waals surface area contributed by atoms with Crippen LogP contribution in [0.25, 0.3) is 0 Å². The molecule has 1 rings (SSSR count). The van der Waals surface area contributed by atoms with E-state index in [0.29, 0.717) is 6.54 Å². The third kappa shape index (κ3) is 6.17. The number of hydrogen-bond acceptors (Lipinski definition) is 3. The van der Waals surface area contributed by atoms with Crippen molar-refractivity contribution in [2.45, 2.75) is 53.6 Å². The third-order valence-electron chi connectivity index (χ3n) is 3.16. The molecule has 3 N–H and O–H groups in total. The van der Waals surface area contributed by atoms with Gasteiger partial charge in [-0.3, -0.25) is 5.32 Å². The first-order chi connectivity index (χ1) is 9.52. The summed E-state index contributed by atoms with van der Waals surface area (Å²) in [6, 6.07) is 6.03. The van der Waals surface area contributed by atoms with Crippen LogP contribution in [-0.4, -0.2) is 18.2 Å². The monoisotopic (exact) mass is 292 g/mol. The lowest BCUT2D eigenvalue weighted by Gasteiger charge is -2.23. The Morgan fingerprint density at radius 3 is 2.33 bits per heavy atom. The number of nitrogens with two attached hydrogens (primary N) is 1. The molecule has 0 bridgehead atoms. The first-order valence-corrected chi connectivity index (χ1v) is 7.32. The Hall–Kier alpha value is -1.55. The van der Waals surface area contributed by atoms with E-state index in [1.807, 2.05) is 39.8 Å². The minimum Gasteiger partial charge on any atom is -0.444 e. The van der Waals surface area contributed by atoms with Crippen LogP contribution in [0.5, 0.6) is 0 Å². The third-order valence-corrected chi connectivity index (χ3v) is 3.16. The molecule has 0 aliphatic rings. The van der Waals surface area contributed by atoms with Gasteiger partial charge in [-0.2, -0.15) is 0 Å². The second kappa shape index (κ2) is 6.48. The number of aryl methyl sites for hydroxylation is 1. The normalized spacial score (nSPS) is 12.1. The molecule has 0 saturated carbocycles. The number of benzene rings is 1. The first-order valence-electron chi connectivity index (χ1n) is 7.32. The predicted octanol–water partition coefficient (Wildman–Crippen LogP) is 3.87. The smallest absolute Gasteiger partial charge is 0.412 e. The summed E-state index contributed by atoms with van der Waals surface area (Å²) in [5, 5.41) is 2.78. The molecule has 21 heavy (non-hydrogen) atoms. The van der Waals surface area contributed by atoms with Crippen LogP contribution in [0.2, 0.25) is 0 Å². The summed E-state index contributed by atoms with van der Waals surface area (Å²) in [5.41, 5.74) is 8.37. The Balaban J connectivity index is 2.77. The zero-order chi connectivity index (χ0) is 16.3. The van der Waals surface area contributed by atoms with Crippen molar-refractivity contribution >= 4 is 11.8 Å². The fourth-order valence-electron chi connectivity index (χ4n) is 2.01. The zero-order valence-electron chi connectivity index (χ0n) is 14.0. The van der Waals surface area contributed by atoms with Crippen LogP contribution in [0, 0.1) is 12.3 Å². The summed E-state index contributed by atoms with van der Waals surface area (Å²) in [6.07, 6.45) is 0.484. The van der Waals surface area contributed by atoms with Crippen molar-refractivity contribution in [3.05, 3.63) is 29.3 Å². The van der Waals surface area contributed by atoms with Gasteiger partial charge in [-0.05, 0) is 63.3 Å². The second-order valence-electron chi connectivity index (χ2n) is 7.32. The lowest BCUT2D eigenvalue weighted by atomic mass is 9.85. The van der Waals surface area contributed by atoms with Crippen molar-refractivity contribution in [3.8, 4) is 0 Å². The van der Waals surface area contributed by atoms with Gasteiger partial charge in [0.15, 0.2) is 0 Å². The van der Waals surface area contributed by atoms with E-state index in [4.69, 9.17) is 10.5 Å². The number of carbonyl (C=O) groups is 1. The molecule has 0 aromatic heterocycles. The Morgan fingerprint density at radius 1 is 1.24 bits per heavy atom. The molecule has 4 heteroatoms. The molecule has 1 aromatic carbocycles. The Bertz CT molecular complexity index is 502. The number of ether oxygens (including phenoxy) is 1. The number of anilines is 1. The van der Waals surface area contributed by atoms with Crippen LogP contribution >= 0.6 is 0 Å². The Labute approximate surface area is 128 Å². The molecule has 0 atom stereocenters. The Morgan fingerprint density at radius 2 is 1.86 bits per heavy atom. The highest BCUT2D eigenvalue weighted by atomic mass is 16.6. The van der Waals surface area contributed by atoms with Gasteiger partial charge in [0.05, 0.1) is 0 Å². The molecule has 0 aliphatic heterocycles. The van der Waals surface area contributed by atoms with Gasteiger partial charge in [-0.1, -0.05) is 26.0 Å². The quantitative estimate of drug-likeness (QED) is 0.885. The summed E-state index contributed by atoms with van der Waals surface area (Å²) in [7, 11) is 0. The van der Waals surface area contributed by atoms with E-state index in [0.717, 1.165) is 17.7 Å². The molecule has 0 saturated heterocycles. The summed E-state index contributed by atoms with van der Waals surface area (Å²) >= 11 is 0. The highest BCUT2D eigenvalue weighted by Gasteiger charge is 2.18. The number of hydrogen-bond donors (Lipinski definition) is 2. The van der Waals surface area contributed by atoms with Crippen molar-refractivity contribution in [1.82, 2.24) is 0 Å². The minimum atomic E-state index is -0.497. The van der Waals surface area contributed by atoms with Crippen LogP contribution in [-0.2, 0) is 11.2 Å². The van der Waals surface area contributed by atoms with Crippen molar-refractivity contribution < 1.29 is 9.53 Å². The maximum absolute atomic E-state index is 11.8. The predicted molar refractivity (Wildman–Crippen MR) is 87.6 cm³/mol. The number of rotatable bonds is 4. The van der Waals surface area contributed by atoms with Crippen molar-refractivity contribution in [1.29, 1.82) is 0 Å².